The van der Waals surface area contributed by atoms with Crippen LogP contribution in [0.2, 0.25) is 0 Å². The van der Waals surface area contributed by atoms with Crippen molar-refractivity contribution in [2.75, 3.05) is 6.61 Å². The van der Waals surface area contributed by atoms with Crippen LogP contribution in [-0.4, -0.2) is 22.8 Å². The van der Waals surface area contributed by atoms with Crippen LogP contribution in [0, 0.1) is 0 Å². The molecule has 102 valence electrons. The van der Waals surface area contributed by atoms with Crippen LogP contribution < -0.4 is 0 Å². The van der Waals surface area contributed by atoms with E-state index in [1.807, 2.05) is 13.8 Å². The van der Waals surface area contributed by atoms with E-state index in [2.05, 4.69) is 52.6 Å². The number of rotatable bonds is 1. The zero-order valence-electron chi connectivity index (χ0n) is 11.3. The van der Waals surface area contributed by atoms with Crippen molar-refractivity contribution in [1.29, 1.82) is 0 Å². The molecule has 0 bridgehead atoms. The number of aliphatic hydroxyl groups is 1. The number of hydrogen-bond donors (Lipinski definition) is 2. The minimum Gasteiger partial charge on any atom is -0.480 e. The summed E-state index contributed by atoms with van der Waals surface area (Å²) in [5.41, 5.74) is 0. The molecule has 2 N–H and O–H groups in total. The molecule has 0 aliphatic carbocycles. The van der Waals surface area contributed by atoms with E-state index < -0.39 is 12.6 Å². The Morgan fingerprint density at radius 1 is 0.941 bits per heavy atom. The third-order valence-electron chi connectivity index (χ3n) is 0.135. The summed E-state index contributed by atoms with van der Waals surface area (Å²) in [6, 6.07) is 0. The second kappa shape index (κ2) is 143. The molecule has 0 heterocycles. The summed E-state index contributed by atoms with van der Waals surface area (Å²) < 4.78 is 0. The van der Waals surface area contributed by atoms with Gasteiger partial charge in [0.2, 0.25) is 0 Å². The predicted molar refractivity (Wildman–Crippen MR) is 80.2 cm³/mol. The molecule has 0 amide bonds. The van der Waals surface area contributed by atoms with E-state index in [4.69, 9.17) is 15.0 Å². The molecule has 0 fully saturated rings. The fourth-order valence-corrected chi connectivity index (χ4v) is 0. The number of hydrogen-bond acceptors (Lipinski definition) is 2. The molecule has 0 aromatic heterocycles. The van der Waals surface area contributed by atoms with Crippen molar-refractivity contribution in [2.24, 2.45) is 0 Å². The van der Waals surface area contributed by atoms with Gasteiger partial charge in [-0.2, -0.15) is 0 Å². The second-order valence-electron chi connectivity index (χ2n) is 1.37. The van der Waals surface area contributed by atoms with Gasteiger partial charge in [0.05, 0.1) is 0 Å². The van der Waals surface area contributed by atoms with Gasteiger partial charge in [0.15, 0.2) is 0 Å². The summed E-state index contributed by atoms with van der Waals surface area (Å²) >= 11 is 0. The van der Waals surface area contributed by atoms with Crippen LogP contribution in [-0.2, 0) is 4.79 Å². The molecule has 3 heteroatoms. The molecule has 3 nitrogen and oxygen atoms in total. The summed E-state index contributed by atoms with van der Waals surface area (Å²) in [5.74, 6) is -1.19. The van der Waals surface area contributed by atoms with Gasteiger partial charge in [-0.25, -0.2) is 4.79 Å². The molecular weight excluding hydrogens is 216 g/mol. The van der Waals surface area contributed by atoms with Crippen molar-refractivity contribution in [2.45, 2.75) is 13.8 Å². The quantitative estimate of drug-likeness (QED) is 0.689. The molecule has 0 radical (unpaired) electrons. The van der Waals surface area contributed by atoms with Crippen molar-refractivity contribution >= 4 is 5.97 Å². The van der Waals surface area contributed by atoms with Crippen LogP contribution >= 0.6 is 0 Å². The minimum atomic E-state index is -1.19. The molecular formula is C14H28O3. The highest BCUT2D eigenvalue weighted by molar-refractivity contribution is 5.67. The number of carboxylic acid groups (broad SMARTS) is 1. The van der Waals surface area contributed by atoms with Gasteiger partial charge in [0, 0.05) is 0 Å². The van der Waals surface area contributed by atoms with E-state index in [-0.39, 0.29) is 0 Å². The molecule has 0 rings (SSSR count). The Kier molecular flexibility index (Phi) is 304. The minimum absolute atomic E-state index is 0.778. The van der Waals surface area contributed by atoms with Crippen molar-refractivity contribution in [3.05, 3.63) is 64.8 Å². The van der Waals surface area contributed by atoms with Gasteiger partial charge in [-0.15, -0.1) is 52.6 Å². The lowest BCUT2D eigenvalue weighted by Gasteiger charge is -1.72. The Balaban J connectivity index is -0.0000000225. The summed E-state index contributed by atoms with van der Waals surface area (Å²) in [6.07, 6.45) is 3.50. The SMILES string of the molecule is C=C.C=C.C=C.C=CC.C=CC.O=C(O)CO. The maximum absolute atomic E-state index is 9.12. The number of carbonyl (C=O) groups is 1. The zero-order valence-corrected chi connectivity index (χ0v) is 11.3. The summed E-state index contributed by atoms with van der Waals surface area (Å²) in [4.78, 5) is 9.12. The first-order valence-corrected chi connectivity index (χ1v) is 4.57. The lowest BCUT2D eigenvalue weighted by Crippen LogP contribution is -1.98. The normalized spacial score (nSPS) is 4.41. The van der Waals surface area contributed by atoms with Gasteiger partial charge in [-0.05, 0) is 13.8 Å². The van der Waals surface area contributed by atoms with Gasteiger partial charge in [-0.1, -0.05) is 12.2 Å². The van der Waals surface area contributed by atoms with Crippen LogP contribution in [0.15, 0.2) is 64.8 Å². The fourth-order valence-electron chi connectivity index (χ4n) is 0. The Hall–Kier alpha value is -1.87. The lowest BCUT2D eigenvalue weighted by molar-refractivity contribution is -0.140. The van der Waals surface area contributed by atoms with E-state index in [0.717, 1.165) is 0 Å². The fraction of sp³-hybridized carbons (Fsp3) is 0.214. The van der Waals surface area contributed by atoms with Gasteiger partial charge in [0.25, 0.3) is 0 Å². The van der Waals surface area contributed by atoms with Gasteiger partial charge >= 0.3 is 5.97 Å². The number of carboxylic acids is 1. The highest BCUT2D eigenvalue weighted by atomic mass is 16.4. The standard InChI is InChI=1S/2C3H6.C2H4O3.3C2H4/c2*1-3-2;3-1-2(4)5;3*1-2/h2*3H,1H2,2H3;3H,1H2,(H,4,5);3*1-2H2. The molecule has 0 saturated heterocycles. The maximum Gasteiger partial charge on any atom is 0.329 e. The van der Waals surface area contributed by atoms with E-state index in [9.17, 15) is 0 Å². The monoisotopic (exact) mass is 244 g/mol. The van der Waals surface area contributed by atoms with Crippen LogP contribution in [0.25, 0.3) is 0 Å². The maximum atomic E-state index is 9.12. The average molecular weight is 244 g/mol. The molecule has 0 unspecified atom stereocenters. The first-order chi connectivity index (χ1) is 8.10. The average Bonchev–Trinajstić information content (AvgIpc) is 2.38. The van der Waals surface area contributed by atoms with E-state index in [1.54, 1.807) is 12.2 Å². The zero-order chi connectivity index (χ0) is 15.7. The summed E-state index contributed by atoms with van der Waals surface area (Å²) in [6.45, 7) is 27.7. The summed E-state index contributed by atoms with van der Waals surface area (Å²) in [7, 11) is 0. The molecule has 17 heavy (non-hydrogen) atoms. The third kappa shape index (κ3) is 123000. The lowest BCUT2D eigenvalue weighted by atomic mass is 10.8. The van der Waals surface area contributed by atoms with Crippen molar-refractivity contribution < 1.29 is 15.0 Å². The largest absolute Gasteiger partial charge is 0.480 e. The second-order valence-corrected chi connectivity index (χ2v) is 1.37. The van der Waals surface area contributed by atoms with Crippen molar-refractivity contribution in [3.8, 4) is 0 Å². The number of aliphatic carboxylic acids is 1. The molecule has 0 aromatic carbocycles. The Labute approximate surface area is 107 Å². The van der Waals surface area contributed by atoms with Crippen LogP contribution in [0.1, 0.15) is 13.8 Å². The molecule has 0 aliphatic heterocycles. The van der Waals surface area contributed by atoms with E-state index in [0.29, 0.717) is 0 Å². The Morgan fingerprint density at radius 2 is 1.00 bits per heavy atom. The van der Waals surface area contributed by atoms with Gasteiger partial charge in [-0.3, -0.25) is 0 Å². The molecule has 0 atom stereocenters. The topological polar surface area (TPSA) is 57.5 Å². The first-order valence-electron chi connectivity index (χ1n) is 4.57. The van der Waals surface area contributed by atoms with Crippen molar-refractivity contribution in [3.63, 3.8) is 0 Å². The summed E-state index contributed by atoms with van der Waals surface area (Å²) in [5, 5.41) is 15.0. The van der Waals surface area contributed by atoms with Gasteiger partial charge < -0.3 is 10.2 Å². The third-order valence-corrected chi connectivity index (χ3v) is 0.135. The number of aliphatic hydroxyl groups excluding tert-OH is 1. The first kappa shape index (κ1) is 36.2. The smallest absolute Gasteiger partial charge is 0.329 e. The van der Waals surface area contributed by atoms with Crippen molar-refractivity contribution in [1.82, 2.24) is 0 Å². The Bertz CT molecular complexity index is 121. The van der Waals surface area contributed by atoms with E-state index >= 15 is 0 Å². The molecule has 0 spiro atoms. The highest BCUT2D eigenvalue weighted by Crippen LogP contribution is 1.48. The highest BCUT2D eigenvalue weighted by Gasteiger charge is 1.82. The van der Waals surface area contributed by atoms with E-state index in [1.165, 1.54) is 0 Å². The number of allylic oxidation sites excluding steroid dienone is 2. The van der Waals surface area contributed by atoms with Gasteiger partial charge in [0.1, 0.15) is 6.61 Å². The van der Waals surface area contributed by atoms with Crippen LogP contribution in [0.4, 0.5) is 0 Å². The predicted octanol–water partition coefficient (Wildman–Crippen LogP) is 3.85. The molecule has 0 saturated carbocycles. The molecule has 0 aliphatic rings. The Morgan fingerprint density at radius 3 is 1.00 bits per heavy atom. The van der Waals surface area contributed by atoms with Crippen LogP contribution in [0.5, 0.6) is 0 Å². The molecule has 0 aromatic rings. The van der Waals surface area contributed by atoms with Crippen LogP contribution in [0.3, 0.4) is 0 Å².